The van der Waals surface area contributed by atoms with Gasteiger partial charge in [0.2, 0.25) is 5.91 Å². The molecule has 3 nitrogen and oxygen atoms in total. The van der Waals surface area contributed by atoms with Crippen LogP contribution in [0.3, 0.4) is 0 Å². The third-order valence-electron chi connectivity index (χ3n) is 3.52. The summed E-state index contributed by atoms with van der Waals surface area (Å²) in [6, 6.07) is 0.0107. The zero-order chi connectivity index (χ0) is 11.0. The Kier molecular flexibility index (Phi) is 3.01. The van der Waals surface area contributed by atoms with Crippen LogP contribution in [0.4, 0.5) is 0 Å². The van der Waals surface area contributed by atoms with E-state index in [2.05, 4.69) is 19.2 Å². The lowest BCUT2D eigenvalue weighted by Gasteiger charge is -2.27. The summed E-state index contributed by atoms with van der Waals surface area (Å²) >= 11 is 0. The van der Waals surface area contributed by atoms with Crippen molar-refractivity contribution in [3.8, 4) is 0 Å². The minimum atomic E-state index is 0.0107. The van der Waals surface area contributed by atoms with Crippen LogP contribution in [0.1, 0.15) is 40.0 Å². The highest BCUT2D eigenvalue weighted by Gasteiger charge is 2.38. The largest absolute Gasteiger partial charge is 0.326 e. The number of carbonyl (C=O) groups is 1. The van der Waals surface area contributed by atoms with Gasteiger partial charge >= 0.3 is 0 Å². The highest BCUT2D eigenvalue weighted by atomic mass is 16.2. The van der Waals surface area contributed by atoms with Gasteiger partial charge in [-0.1, -0.05) is 26.7 Å². The number of hydrogen-bond donors (Lipinski definition) is 1. The topological polar surface area (TPSA) is 32.3 Å². The van der Waals surface area contributed by atoms with Gasteiger partial charge in [-0.25, -0.2) is 0 Å². The second-order valence-corrected chi connectivity index (χ2v) is 5.34. The van der Waals surface area contributed by atoms with Gasteiger partial charge in [0.05, 0.1) is 12.2 Å². The van der Waals surface area contributed by atoms with Gasteiger partial charge in [-0.2, -0.15) is 0 Å². The SMILES string of the molecule is CC1NC(C(C)C)N(CCC2CC2)C1=O. The first kappa shape index (κ1) is 10.9. The van der Waals surface area contributed by atoms with Crippen LogP contribution in [0, 0.1) is 11.8 Å². The van der Waals surface area contributed by atoms with Crippen molar-refractivity contribution >= 4 is 5.91 Å². The second kappa shape index (κ2) is 4.12. The fourth-order valence-electron chi connectivity index (χ4n) is 2.33. The minimum Gasteiger partial charge on any atom is -0.326 e. The third kappa shape index (κ3) is 2.33. The Morgan fingerprint density at radius 1 is 1.47 bits per heavy atom. The zero-order valence-electron chi connectivity index (χ0n) is 9.99. The molecule has 86 valence electrons. The summed E-state index contributed by atoms with van der Waals surface area (Å²) in [6.07, 6.45) is 4.20. The fourth-order valence-corrected chi connectivity index (χ4v) is 2.33. The van der Waals surface area contributed by atoms with Gasteiger partial charge < -0.3 is 4.90 Å². The van der Waals surface area contributed by atoms with Gasteiger partial charge in [0, 0.05) is 6.54 Å². The smallest absolute Gasteiger partial charge is 0.240 e. The fraction of sp³-hybridized carbons (Fsp3) is 0.917. The van der Waals surface area contributed by atoms with E-state index in [0.717, 1.165) is 12.5 Å². The van der Waals surface area contributed by atoms with E-state index in [1.165, 1.54) is 19.3 Å². The van der Waals surface area contributed by atoms with Crippen molar-refractivity contribution in [1.82, 2.24) is 10.2 Å². The van der Waals surface area contributed by atoms with Crippen molar-refractivity contribution in [1.29, 1.82) is 0 Å². The number of amides is 1. The van der Waals surface area contributed by atoms with E-state index >= 15 is 0 Å². The molecular weight excluding hydrogens is 188 g/mol. The average molecular weight is 210 g/mol. The normalized spacial score (nSPS) is 31.7. The summed E-state index contributed by atoms with van der Waals surface area (Å²) < 4.78 is 0. The Labute approximate surface area is 92.2 Å². The summed E-state index contributed by atoms with van der Waals surface area (Å²) in [5, 5.41) is 3.37. The Morgan fingerprint density at radius 2 is 2.13 bits per heavy atom. The molecule has 2 atom stereocenters. The molecule has 0 aromatic heterocycles. The Morgan fingerprint density at radius 3 is 2.67 bits per heavy atom. The third-order valence-corrected chi connectivity index (χ3v) is 3.52. The summed E-state index contributed by atoms with van der Waals surface area (Å²) in [7, 11) is 0. The summed E-state index contributed by atoms with van der Waals surface area (Å²) in [5.41, 5.74) is 0. The minimum absolute atomic E-state index is 0.0107. The molecule has 2 fully saturated rings. The van der Waals surface area contributed by atoms with Crippen LogP contribution in [0.5, 0.6) is 0 Å². The van der Waals surface area contributed by atoms with Gasteiger partial charge in [-0.15, -0.1) is 0 Å². The molecule has 2 aliphatic rings. The summed E-state index contributed by atoms with van der Waals surface area (Å²) in [6.45, 7) is 7.26. The van der Waals surface area contributed by atoms with Crippen LogP contribution >= 0.6 is 0 Å². The van der Waals surface area contributed by atoms with Crippen LogP contribution in [-0.2, 0) is 4.79 Å². The Bertz CT molecular complexity index is 248. The maximum absolute atomic E-state index is 11.9. The number of nitrogens with one attached hydrogen (secondary N) is 1. The van der Waals surface area contributed by atoms with E-state index in [0.29, 0.717) is 5.92 Å². The summed E-state index contributed by atoms with van der Waals surface area (Å²) in [4.78, 5) is 14.0. The molecule has 1 aliphatic heterocycles. The highest BCUT2D eigenvalue weighted by molar-refractivity contribution is 5.83. The van der Waals surface area contributed by atoms with E-state index < -0.39 is 0 Å². The van der Waals surface area contributed by atoms with Crippen LogP contribution in [0.2, 0.25) is 0 Å². The molecule has 1 N–H and O–H groups in total. The van der Waals surface area contributed by atoms with Crippen LogP contribution in [-0.4, -0.2) is 29.6 Å². The first-order valence-electron chi connectivity index (χ1n) is 6.16. The molecule has 2 rings (SSSR count). The molecule has 1 saturated heterocycles. The number of hydrogen-bond acceptors (Lipinski definition) is 2. The second-order valence-electron chi connectivity index (χ2n) is 5.34. The van der Waals surface area contributed by atoms with E-state index in [1.807, 2.05) is 11.8 Å². The Balaban J connectivity index is 1.93. The first-order valence-corrected chi connectivity index (χ1v) is 6.16. The van der Waals surface area contributed by atoms with Crippen LogP contribution in [0.25, 0.3) is 0 Å². The monoisotopic (exact) mass is 210 g/mol. The molecule has 0 bridgehead atoms. The maximum Gasteiger partial charge on any atom is 0.240 e. The number of carbonyl (C=O) groups excluding carboxylic acids is 1. The molecule has 15 heavy (non-hydrogen) atoms. The molecule has 0 aromatic rings. The lowest BCUT2D eigenvalue weighted by Crippen LogP contribution is -2.42. The van der Waals surface area contributed by atoms with Gasteiger partial charge in [0.15, 0.2) is 0 Å². The molecule has 0 radical (unpaired) electrons. The van der Waals surface area contributed by atoms with E-state index in [-0.39, 0.29) is 18.1 Å². The molecule has 1 saturated carbocycles. The van der Waals surface area contributed by atoms with Crippen molar-refractivity contribution in [2.45, 2.75) is 52.2 Å². The van der Waals surface area contributed by atoms with E-state index in [9.17, 15) is 4.79 Å². The average Bonchev–Trinajstić information content (AvgIpc) is 2.94. The lowest BCUT2D eigenvalue weighted by molar-refractivity contribution is -0.130. The maximum atomic E-state index is 11.9. The van der Waals surface area contributed by atoms with Crippen LogP contribution in [0.15, 0.2) is 0 Å². The van der Waals surface area contributed by atoms with Crippen molar-refractivity contribution in [3.05, 3.63) is 0 Å². The van der Waals surface area contributed by atoms with Crippen molar-refractivity contribution in [2.24, 2.45) is 11.8 Å². The van der Waals surface area contributed by atoms with E-state index in [4.69, 9.17) is 0 Å². The van der Waals surface area contributed by atoms with Crippen LogP contribution < -0.4 is 5.32 Å². The van der Waals surface area contributed by atoms with E-state index in [1.54, 1.807) is 0 Å². The molecular formula is C12H22N2O. The number of nitrogens with zero attached hydrogens (tertiary/aromatic N) is 1. The standard InChI is InChI=1S/C12H22N2O/c1-8(2)11-13-9(3)12(15)14(11)7-6-10-4-5-10/h8-11,13H,4-7H2,1-3H3. The highest BCUT2D eigenvalue weighted by Crippen LogP contribution is 2.33. The molecule has 1 amide bonds. The molecule has 2 unspecified atom stereocenters. The molecule has 3 heteroatoms. The number of rotatable bonds is 4. The molecule has 0 aromatic carbocycles. The predicted octanol–water partition coefficient (Wildman–Crippen LogP) is 1.59. The van der Waals surface area contributed by atoms with Crippen molar-refractivity contribution in [2.75, 3.05) is 6.54 Å². The Hall–Kier alpha value is -0.570. The molecule has 1 aliphatic carbocycles. The quantitative estimate of drug-likeness (QED) is 0.764. The first-order chi connectivity index (χ1) is 7.09. The predicted molar refractivity (Wildman–Crippen MR) is 60.3 cm³/mol. The van der Waals surface area contributed by atoms with Gasteiger partial charge in [0.1, 0.15) is 0 Å². The summed E-state index contributed by atoms with van der Waals surface area (Å²) in [5.74, 6) is 1.69. The van der Waals surface area contributed by atoms with Crippen molar-refractivity contribution < 1.29 is 4.79 Å². The van der Waals surface area contributed by atoms with Crippen molar-refractivity contribution in [3.63, 3.8) is 0 Å². The zero-order valence-corrected chi connectivity index (χ0v) is 9.99. The lowest BCUT2D eigenvalue weighted by atomic mass is 10.1. The van der Waals surface area contributed by atoms with Gasteiger partial charge in [-0.3, -0.25) is 10.1 Å². The molecule has 0 spiro atoms. The molecule has 1 heterocycles. The van der Waals surface area contributed by atoms with Gasteiger partial charge in [-0.05, 0) is 25.2 Å². The van der Waals surface area contributed by atoms with Gasteiger partial charge in [0.25, 0.3) is 0 Å².